The molecule has 6 rings (SSSR count). The van der Waals surface area contributed by atoms with Gasteiger partial charge in [0.15, 0.2) is 0 Å². The number of thiocarbonyl (C=S) groups is 1. The Bertz CT molecular complexity index is 1580. The van der Waals surface area contributed by atoms with E-state index in [0.717, 1.165) is 47.5 Å². The molecule has 1 aromatic heterocycles. The third-order valence-corrected chi connectivity index (χ3v) is 8.54. The number of amides is 1. The van der Waals surface area contributed by atoms with Gasteiger partial charge in [-0.1, -0.05) is 84.1 Å². The first-order valence-corrected chi connectivity index (χ1v) is 14.6. The van der Waals surface area contributed by atoms with E-state index in [-0.39, 0.29) is 12.0 Å². The lowest BCUT2D eigenvalue weighted by atomic mass is 10.1. The number of benzene rings is 3. The predicted octanol–water partition coefficient (Wildman–Crippen LogP) is 7.15. The minimum absolute atomic E-state index is 0.0340. The second-order valence-corrected chi connectivity index (χ2v) is 11.6. The molecule has 3 aromatic carbocycles. The Morgan fingerprint density at radius 2 is 1.93 bits per heavy atom. The molecule has 0 N–H and O–H groups in total. The number of rotatable bonds is 8. The Morgan fingerprint density at radius 1 is 1.10 bits per heavy atom. The van der Waals surface area contributed by atoms with Gasteiger partial charge in [0.1, 0.15) is 22.4 Å². The van der Waals surface area contributed by atoms with Gasteiger partial charge >= 0.3 is 0 Å². The molecular formula is C31H26ClN3O3S2. The first kappa shape index (κ1) is 26.8. The van der Waals surface area contributed by atoms with Crippen molar-refractivity contribution in [3.05, 3.63) is 106 Å². The molecule has 0 bridgehead atoms. The van der Waals surface area contributed by atoms with Crippen molar-refractivity contribution < 1.29 is 14.3 Å². The Morgan fingerprint density at radius 3 is 2.73 bits per heavy atom. The van der Waals surface area contributed by atoms with Gasteiger partial charge in [-0.2, -0.15) is 5.10 Å². The average Bonchev–Trinajstić information content (AvgIpc) is 3.71. The van der Waals surface area contributed by atoms with E-state index in [9.17, 15) is 4.79 Å². The van der Waals surface area contributed by atoms with Crippen molar-refractivity contribution in [3.8, 4) is 22.7 Å². The fraction of sp³-hybridized carbons (Fsp3) is 0.194. The Kier molecular flexibility index (Phi) is 8.02. The van der Waals surface area contributed by atoms with Gasteiger partial charge in [-0.3, -0.25) is 9.69 Å². The maximum Gasteiger partial charge on any atom is 0.266 e. The summed E-state index contributed by atoms with van der Waals surface area (Å²) in [4.78, 5) is 15.6. The van der Waals surface area contributed by atoms with E-state index in [4.69, 9.17) is 38.4 Å². The lowest BCUT2D eigenvalue weighted by Crippen LogP contribution is -2.35. The van der Waals surface area contributed by atoms with Crippen molar-refractivity contribution in [1.29, 1.82) is 0 Å². The van der Waals surface area contributed by atoms with Crippen LogP contribution in [0.25, 0.3) is 23.0 Å². The van der Waals surface area contributed by atoms with Crippen molar-refractivity contribution in [3.63, 3.8) is 0 Å². The second kappa shape index (κ2) is 12.0. The van der Waals surface area contributed by atoms with Gasteiger partial charge in [0.2, 0.25) is 0 Å². The fourth-order valence-electron chi connectivity index (χ4n) is 4.73. The summed E-state index contributed by atoms with van der Waals surface area (Å²) in [5.74, 6) is 0.598. The lowest BCUT2D eigenvalue weighted by Gasteiger charge is -2.18. The van der Waals surface area contributed by atoms with Crippen molar-refractivity contribution in [2.75, 3.05) is 13.2 Å². The summed E-state index contributed by atoms with van der Waals surface area (Å²) in [5, 5.41) is 5.59. The molecule has 2 aliphatic heterocycles. The smallest absolute Gasteiger partial charge is 0.266 e. The molecule has 2 aliphatic rings. The van der Waals surface area contributed by atoms with Gasteiger partial charge in [-0.15, -0.1) is 0 Å². The highest BCUT2D eigenvalue weighted by molar-refractivity contribution is 8.26. The molecule has 6 nitrogen and oxygen atoms in total. The summed E-state index contributed by atoms with van der Waals surface area (Å²) in [5.41, 5.74) is 4.24. The molecule has 2 saturated heterocycles. The number of hydrogen-bond acceptors (Lipinski definition) is 6. The zero-order valence-electron chi connectivity index (χ0n) is 21.5. The number of ether oxygens (including phenoxy) is 2. The van der Waals surface area contributed by atoms with Crippen molar-refractivity contribution in [1.82, 2.24) is 14.7 Å². The standard InChI is InChI=1S/C31H26ClN3O3S2/c32-27-14-5-4-8-22(27)20-38-25-12-6-9-21(16-25)29-23(18-35(33-29)24-10-2-1-3-11-24)17-28-30(36)34(31(39)40-28)19-26-13-7-15-37-26/h1-6,8-12,14,16-18,26H,7,13,15,19-20H2/b28-17-. The van der Waals surface area contributed by atoms with Gasteiger partial charge < -0.3 is 9.47 Å². The molecule has 0 aliphatic carbocycles. The Hall–Kier alpha value is -3.43. The minimum atomic E-state index is -0.0965. The van der Waals surface area contributed by atoms with Gasteiger partial charge in [-0.25, -0.2) is 4.68 Å². The van der Waals surface area contributed by atoms with Crippen LogP contribution in [0.5, 0.6) is 5.75 Å². The van der Waals surface area contributed by atoms with E-state index in [1.807, 2.05) is 95.8 Å². The van der Waals surface area contributed by atoms with Crippen molar-refractivity contribution >= 4 is 51.9 Å². The highest BCUT2D eigenvalue weighted by atomic mass is 35.5. The van der Waals surface area contributed by atoms with Crippen LogP contribution in [0, 0.1) is 0 Å². The normalized spacial score (nSPS) is 18.2. The first-order valence-electron chi connectivity index (χ1n) is 13.0. The van der Waals surface area contributed by atoms with Crippen LogP contribution in [0.3, 0.4) is 0 Å². The number of hydrogen-bond donors (Lipinski definition) is 0. The minimum Gasteiger partial charge on any atom is -0.489 e. The van der Waals surface area contributed by atoms with Gasteiger partial charge in [0.05, 0.1) is 23.2 Å². The number of nitrogens with zero attached hydrogens (tertiary/aromatic N) is 3. The monoisotopic (exact) mass is 587 g/mol. The van der Waals surface area contributed by atoms with Crippen LogP contribution >= 0.6 is 35.6 Å². The van der Waals surface area contributed by atoms with Crippen LogP contribution in [0.1, 0.15) is 24.0 Å². The van der Waals surface area contributed by atoms with E-state index in [1.54, 1.807) is 4.90 Å². The number of halogens is 1. The van der Waals surface area contributed by atoms with E-state index in [0.29, 0.717) is 33.1 Å². The van der Waals surface area contributed by atoms with Gasteiger partial charge in [-0.05, 0) is 49.2 Å². The molecular weight excluding hydrogens is 562 g/mol. The predicted molar refractivity (Wildman–Crippen MR) is 164 cm³/mol. The zero-order valence-corrected chi connectivity index (χ0v) is 23.9. The number of para-hydroxylation sites is 1. The zero-order chi connectivity index (χ0) is 27.5. The fourth-order valence-corrected chi connectivity index (χ4v) is 6.19. The molecule has 1 amide bonds. The molecule has 40 heavy (non-hydrogen) atoms. The molecule has 3 heterocycles. The summed E-state index contributed by atoms with van der Waals surface area (Å²) in [6.45, 7) is 1.57. The maximum atomic E-state index is 13.4. The first-order chi connectivity index (χ1) is 19.5. The summed E-state index contributed by atoms with van der Waals surface area (Å²) in [6, 6.07) is 25.3. The third-order valence-electron chi connectivity index (χ3n) is 6.79. The van der Waals surface area contributed by atoms with E-state index in [2.05, 4.69) is 0 Å². The van der Waals surface area contributed by atoms with E-state index < -0.39 is 0 Å². The molecule has 9 heteroatoms. The van der Waals surface area contributed by atoms with Crippen LogP contribution in [-0.4, -0.2) is 44.2 Å². The number of thioether (sulfide) groups is 1. The van der Waals surface area contributed by atoms with Crippen LogP contribution in [0.2, 0.25) is 5.02 Å². The average molecular weight is 588 g/mol. The Labute approximate surface area is 247 Å². The highest BCUT2D eigenvalue weighted by Gasteiger charge is 2.35. The quantitative estimate of drug-likeness (QED) is 0.161. The molecule has 1 atom stereocenters. The number of carbonyl (C=O) groups excluding carboxylic acids is 1. The van der Waals surface area contributed by atoms with E-state index in [1.165, 1.54) is 11.8 Å². The molecule has 1 unspecified atom stereocenters. The second-order valence-electron chi connectivity index (χ2n) is 9.55. The van der Waals surface area contributed by atoms with Crippen LogP contribution in [0.4, 0.5) is 0 Å². The topological polar surface area (TPSA) is 56.6 Å². The highest BCUT2D eigenvalue weighted by Crippen LogP contribution is 2.36. The Balaban J connectivity index is 1.32. The van der Waals surface area contributed by atoms with Gasteiger partial charge in [0.25, 0.3) is 5.91 Å². The molecule has 0 spiro atoms. The maximum absolute atomic E-state index is 13.4. The molecule has 0 saturated carbocycles. The lowest BCUT2D eigenvalue weighted by molar-refractivity contribution is -0.123. The number of aromatic nitrogens is 2. The van der Waals surface area contributed by atoms with Crippen molar-refractivity contribution in [2.24, 2.45) is 0 Å². The molecule has 0 radical (unpaired) electrons. The summed E-state index contributed by atoms with van der Waals surface area (Å²) in [7, 11) is 0. The summed E-state index contributed by atoms with van der Waals surface area (Å²) >= 11 is 13.2. The third kappa shape index (κ3) is 5.86. The molecule has 4 aromatic rings. The van der Waals surface area contributed by atoms with Crippen molar-refractivity contribution in [2.45, 2.75) is 25.6 Å². The largest absolute Gasteiger partial charge is 0.489 e. The molecule has 2 fully saturated rings. The number of carbonyl (C=O) groups is 1. The van der Waals surface area contributed by atoms with E-state index >= 15 is 0 Å². The SMILES string of the molecule is O=C1/C(=C/c2cn(-c3ccccc3)nc2-c2cccc(OCc3ccccc3Cl)c2)SC(=S)N1CC1CCCO1. The van der Waals surface area contributed by atoms with Crippen LogP contribution in [0.15, 0.2) is 90.0 Å². The van der Waals surface area contributed by atoms with Gasteiger partial charge in [0, 0.05) is 34.5 Å². The molecule has 202 valence electrons. The van der Waals surface area contributed by atoms with Crippen LogP contribution in [-0.2, 0) is 16.1 Å². The summed E-state index contributed by atoms with van der Waals surface area (Å²) < 4.78 is 14.2. The van der Waals surface area contributed by atoms with Crippen LogP contribution < -0.4 is 4.74 Å². The summed E-state index contributed by atoms with van der Waals surface area (Å²) in [6.07, 6.45) is 5.81.